The van der Waals surface area contributed by atoms with Crippen molar-refractivity contribution in [3.63, 3.8) is 0 Å². The maximum Gasteiger partial charge on any atom is 0.119 e. The van der Waals surface area contributed by atoms with Gasteiger partial charge in [0.05, 0.1) is 6.61 Å². The molecule has 0 atom stereocenters. The highest BCUT2D eigenvalue weighted by atomic mass is 16.5. The fourth-order valence-corrected chi connectivity index (χ4v) is 2.15. The zero-order valence-corrected chi connectivity index (χ0v) is 9.86. The van der Waals surface area contributed by atoms with Crippen LogP contribution in [-0.2, 0) is 0 Å². The molecule has 1 saturated heterocycles. The van der Waals surface area contributed by atoms with Crippen LogP contribution in [0.1, 0.15) is 6.42 Å². The zero-order valence-electron chi connectivity index (χ0n) is 9.86. The standard InChI is InChI=1S/C15H17NO/c1-2-4-14-9-15(6-5-13(14)3-1)17-8-7-12-10-16-11-12/h1-6,9,12,16H,7-8,10-11H2. The van der Waals surface area contributed by atoms with Crippen LogP contribution in [0.3, 0.4) is 0 Å². The van der Waals surface area contributed by atoms with Crippen LogP contribution >= 0.6 is 0 Å². The van der Waals surface area contributed by atoms with Gasteiger partial charge in [-0.3, -0.25) is 0 Å². The number of hydrogen-bond acceptors (Lipinski definition) is 2. The summed E-state index contributed by atoms with van der Waals surface area (Å²) in [5.74, 6) is 1.80. The molecule has 17 heavy (non-hydrogen) atoms. The van der Waals surface area contributed by atoms with E-state index >= 15 is 0 Å². The number of hydrogen-bond donors (Lipinski definition) is 1. The van der Waals surface area contributed by atoms with Gasteiger partial charge in [-0.05, 0) is 48.3 Å². The molecular formula is C15H17NO. The average Bonchev–Trinajstić information content (AvgIpc) is 2.32. The van der Waals surface area contributed by atoms with Crippen molar-refractivity contribution in [3.8, 4) is 5.75 Å². The highest BCUT2D eigenvalue weighted by molar-refractivity contribution is 5.83. The van der Waals surface area contributed by atoms with Crippen LogP contribution in [0.4, 0.5) is 0 Å². The molecule has 2 aromatic carbocycles. The number of ether oxygens (including phenoxy) is 1. The minimum atomic E-state index is 0.815. The predicted octanol–water partition coefficient (Wildman–Crippen LogP) is 2.83. The highest BCUT2D eigenvalue weighted by Gasteiger charge is 2.15. The molecule has 1 fully saturated rings. The lowest BCUT2D eigenvalue weighted by atomic mass is 10.0. The molecule has 1 aliphatic heterocycles. The van der Waals surface area contributed by atoms with E-state index in [1.165, 1.54) is 10.8 Å². The maximum absolute atomic E-state index is 5.79. The van der Waals surface area contributed by atoms with E-state index in [1.54, 1.807) is 0 Å². The Hall–Kier alpha value is -1.54. The van der Waals surface area contributed by atoms with Gasteiger partial charge in [-0.1, -0.05) is 30.3 Å². The Kier molecular flexibility index (Phi) is 2.97. The predicted molar refractivity (Wildman–Crippen MR) is 70.4 cm³/mol. The Balaban J connectivity index is 1.63. The maximum atomic E-state index is 5.79. The molecule has 3 rings (SSSR count). The molecule has 0 saturated carbocycles. The zero-order chi connectivity index (χ0) is 11.5. The third kappa shape index (κ3) is 2.42. The summed E-state index contributed by atoms with van der Waals surface area (Å²) >= 11 is 0. The van der Waals surface area contributed by atoms with Crippen LogP contribution in [0.5, 0.6) is 5.75 Å². The van der Waals surface area contributed by atoms with Crippen molar-refractivity contribution in [3.05, 3.63) is 42.5 Å². The lowest BCUT2D eigenvalue weighted by Gasteiger charge is -2.26. The molecular weight excluding hydrogens is 210 g/mol. The first-order valence-corrected chi connectivity index (χ1v) is 6.24. The first-order valence-electron chi connectivity index (χ1n) is 6.24. The van der Waals surface area contributed by atoms with Crippen molar-refractivity contribution < 1.29 is 4.74 Å². The van der Waals surface area contributed by atoms with Crippen molar-refractivity contribution in [2.24, 2.45) is 5.92 Å². The van der Waals surface area contributed by atoms with Gasteiger partial charge in [-0.2, -0.15) is 0 Å². The van der Waals surface area contributed by atoms with Crippen molar-refractivity contribution in [1.82, 2.24) is 5.32 Å². The second-order valence-corrected chi connectivity index (χ2v) is 4.67. The third-order valence-corrected chi connectivity index (χ3v) is 3.38. The quantitative estimate of drug-likeness (QED) is 0.867. The van der Waals surface area contributed by atoms with E-state index < -0.39 is 0 Å². The van der Waals surface area contributed by atoms with E-state index in [1.807, 2.05) is 0 Å². The van der Waals surface area contributed by atoms with Gasteiger partial charge in [0.15, 0.2) is 0 Å². The van der Waals surface area contributed by atoms with E-state index in [9.17, 15) is 0 Å². The monoisotopic (exact) mass is 227 g/mol. The Morgan fingerprint density at radius 1 is 1.06 bits per heavy atom. The van der Waals surface area contributed by atoms with Gasteiger partial charge < -0.3 is 10.1 Å². The molecule has 2 nitrogen and oxygen atoms in total. The smallest absolute Gasteiger partial charge is 0.119 e. The molecule has 2 heteroatoms. The van der Waals surface area contributed by atoms with Gasteiger partial charge in [0.2, 0.25) is 0 Å². The highest BCUT2D eigenvalue weighted by Crippen LogP contribution is 2.21. The van der Waals surface area contributed by atoms with Gasteiger partial charge in [0.25, 0.3) is 0 Å². The third-order valence-electron chi connectivity index (χ3n) is 3.38. The van der Waals surface area contributed by atoms with Gasteiger partial charge in [-0.15, -0.1) is 0 Å². The molecule has 1 N–H and O–H groups in total. The molecule has 0 radical (unpaired) electrons. The van der Waals surface area contributed by atoms with Gasteiger partial charge in [0, 0.05) is 0 Å². The van der Waals surface area contributed by atoms with E-state index in [0.717, 1.165) is 37.8 Å². The molecule has 0 bridgehead atoms. The second kappa shape index (κ2) is 4.76. The normalized spacial score (nSPS) is 15.8. The second-order valence-electron chi connectivity index (χ2n) is 4.67. The van der Waals surface area contributed by atoms with Crippen LogP contribution < -0.4 is 10.1 Å². The van der Waals surface area contributed by atoms with Crippen molar-refractivity contribution >= 4 is 10.8 Å². The minimum Gasteiger partial charge on any atom is -0.494 e. The Bertz CT molecular complexity index is 505. The minimum absolute atomic E-state index is 0.815. The average molecular weight is 227 g/mol. The summed E-state index contributed by atoms with van der Waals surface area (Å²) in [6.45, 7) is 3.13. The Morgan fingerprint density at radius 2 is 1.88 bits per heavy atom. The van der Waals surface area contributed by atoms with Crippen molar-refractivity contribution in [2.75, 3.05) is 19.7 Å². The van der Waals surface area contributed by atoms with Crippen LogP contribution in [0.15, 0.2) is 42.5 Å². The van der Waals surface area contributed by atoms with Crippen LogP contribution in [-0.4, -0.2) is 19.7 Å². The van der Waals surface area contributed by atoms with E-state index in [2.05, 4.69) is 47.8 Å². The molecule has 0 unspecified atom stereocenters. The van der Waals surface area contributed by atoms with Crippen LogP contribution in [0.25, 0.3) is 10.8 Å². The number of fused-ring (bicyclic) bond motifs is 1. The number of benzene rings is 2. The van der Waals surface area contributed by atoms with Crippen LogP contribution in [0, 0.1) is 5.92 Å². The fourth-order valence-electron chi connectivity index (χ4n) is 2.15. The number of rotatable bonds is 4. The largest absolute Gasteiger partial charge is 0.494 e. The topological polar surface area (TPSA) is 21.3 Å². The van der Waals surface area contributed by atoms with Gasteiger partial charge in [0.1, 0.15) is 5.75 Å². The Labute approximate surface area is 102 Å². The van der Waals surface area contributed by atoms with Crippen molar-refractivity contribution in [1.29, 1.82) is 0 Å². The summed E-state index contributed by atoms with van der Waals surface area (Å²) in [6.07, 6.45) is 1.15. The fraction of sp³-hybridized carbons (Fsp3) is 0.333. The lowest BCUT2D eigenvalue weighted by molar-refractivity contribution is 0.238. The summed E-state index contributed by atoms with van der Waals surface area (Å²) < 4.78 is 5.79. The molecule has 0 aliphatic carbocycles. The summed E-state index contributed by atoms with van der Waals surface area (Å²) in [5.41, 5.74) is 0. The number of nitrogens with one attached hydrogen (secondary N) is 1. The van der Waals surface area contributed by atoms with E-state index in [0.29, 0.717) is 0 Å². The van der Waals surface area contributed by atoms with Gasteiger partial charge >= 0.3 is 0 Å². The molecule has 0 aromatic heterocycles. The molecule has 1 heterocycles. The van der Waals surface area contributed by atoms with Crippen molar-refractivity contribution in [2.45, 2.75) is 6.42 Å². The first kappa shape index (κ1) is 10.6. The van der Waals surface area contributed by atoms with E-state index in [-0.39, 0.29) is 0 Å². The van der Waals surface area contributed by atoms with E-state index in [4.69, 9.17) is 4.74 Å². The first-order chi connectivity index (χ1) is 8.42. The lowest BCUT2D eigenvalue weighted by Crippen LogP contribution is -2.42. The summed E-state index contributed by atoms with van der Waals surface area (Å²) in [5, 5.41) is 5.79. The summed E-state index contributed by atoms with van der Waals surface area (Å²) in [6, 6.07) is 14.7. The Morgan fingerprint density at radius 3 is 2.65 bits per heavy atom. The summed E-state index contributed by atoms with van der Waals surface area (Å²) in [4.78, 5) is 0. The SMILES string of the molecule is c1ccc2cc(OCCC3CNC3)ccc2c1. The summed E-state index contributed by atoms with van der Waals surface area (Å²) in [7, 11) is 0. The van der Waals surface area contributed by atoms with Gasteiger partial charge in [-0.25, -0.2) is 0 Å². The molecule has 88 valence electrons. The molecule has 1 aliphatic rings. The van der Waals surface area contributed by atoms with Crippen LogP contribution in [0.2, 0.25) is 0 Å². The molecule has 0 spiro atoms. The molecule has 0 amide bonds. The molecule has 2 aromatic rings.